The van der Waals surface area contributed by atoms with Gasteiger partial charge in [0.2, 0.25) is 5.76 Å². The first-order chi connectivity index (χ1) is 11.5. The largest absolute Gasteiger partial charge is 0.436 e. The zero-order valence-electron chi connectivity index (χ0n) is 13.3. The zero-order valence-corrected chi connectivity index (χ0v) is 14.0. The van der Waals surface area contributed by atoms with Gasteiger partial charge in [-0.3, -0.25) is 9.78 Å². The van der Waals surface area contributed by atoms with Gasteiger partial charge in [0, 0.05) is 18.1 Å². The molecule has 1 atom stereocenters. The maximum absolute atomic E-state index is 12.6. The highest BCUT2D eigenvalue weighted by Gasteiger charge is 2.23. The molecule has 1 N–H and O–H groups in total. The molecule has 1 amide bonds. The summed E-state index contributed by atoms with van der Waals surface area (Å²) in [6.07, 6.45) is 1.68. The highest BCUT2D eigenvalue weighted by Crippen LogP contribution is 2.24. The molecule has 6 heteroatoms. The summed E-state index contributed by atoms with van der Waals surface area (Å²) in [4.78, 5) is 21.1. The van der Waals surface area contributed by atoms with E-state index in [-0.39, 0.29) is 11.7 Å². The standard InChI is InChI=1S/C18H16ClN3O2/c1-11-17(24-12(2)21-11)18(23)22-16(15-8-3-4-9-20-15)13-6-5-7-14(19)10-13/h3-10,16H,1-2H3,(H,22,23). The number of aryl methyl sites for hydroxylation is 2. The Morgan fingerprint density at radius 1 is 1.21 bits per heavy atom. The Hall–Kier alpha value is -2.66. The third-order valence-electron chi connectivity index (χ3n) is 3.55. The summed E-state index contributed by atoms with van der Waals surface area (Å²) in [5.41, 5.74) is 2.10. The van der Waals surface area contributed by atoms with Crippen molar-refractivity contribution >= 4 is 17.5 Å². The number of hydrogen-bond acceptors (Lipinski definition) is 4. The van der Waals surface area contributed by atoms with Crippen molar-refractivity contribution in [1.29, 1.82) is 0 Å². The number of halogens is 1. The number of carbonyl (C=O) groups excluding carboxylic acids is 1. The van der Waals surface area contributed by atoms with E-state index >= 15 is 0 Å². The molecular formula is C18H16ClN3O2. The maximum Gasteiger partial charge on any atom is 0.289 e. The summed E-state index contributed by atoms with van der Waals surface area (Å²) in [6, 6.07) is 12.4. The predicted molar refractivity (Wildman–Crippen MR) is 91.0 cm³/mol. The number of benzene rings is 1. The molecule has 1 aromatic carbocycles. The van der Waals surface area contributed by atoms with Gasteiger partial charge in [-0.2, -0.15) is 0 Å². The van der Waals surface area contributed by atoms with Crippen LogP contribution in [0.1, 0.15) is 39.4 Å². The second kappa shape index (κ2) is 6.84. The van der Waals surface area contributed by atoms with Crippen LogP contribution in [0.3, 0.4) is 0 Å². The molecule has 5 nitrogen and oxygen atoms in total. The van der Waals surface area contributed by atoms with Gasteiger partial charge >= 0.3 is 0 Å². The maximum atomic E-state index is 12.6. The molecular weight excluding hydrogens is 326 g/mol. The fourth-order valence-corrected chi connectivity index (χ4v) is 2.70. The van der Waals surface area contributed by atoms with Crippen LogP contribution < -0.4 is 5.32 Å². The summed E-state index contributed by atoms with van der Waals surface area (Å²) in [7, 11) is 0. The van der Waals surface area contributed by atoms with Crippen molar-refractivity contribution < 1.29 is 9.21 Å². The minimum atomic E-state index is -0.442. The molecule has 0 saturated carbocycles. The summed E-state index contributed by atoms with van der Waals surface area (Å²) < 4.78 is 5.40. The van der Waals surface area contributed by atoms with E-state index in [1.807, 2.05) is 30.3 Å². The van der Waals surface area contributed by atoms with Gasteiger partial charge in [0.15, 0.2) is 5.89 Å². The lowest BCUT2D eigenvalue weighted by molar-refractivity contribution is 0.0912. The van der Waals surface area contributed by atoms with E-state index in [1.54, 1.807) is 32.2 Å². The van der Waals surface area contributed by atoms with Crippen LogP contribution in [0.2, 0.25) is 5.02 Å². The summed E-state index contributed by atoms with van der Waals surface area (Å²) >= 11 is 6.10. The number of rotatable bonds is 4. The Morgan fingerprint density at radius 2 is 2.04 bits per heavy atom. The molecule has 24 heavy (non-hydrogen) atoms. The molecule has 0 saturated heterocycles. The number of oxazole rings is 1. The molecule has 0 fully saturated rings. The molecule has 1 unspecified atom stereocenters. The van der Waals surface area contributed by atoms with Gasteiger partial charge in [-0.15, -0.1) is 0 Å². The van der Waals surface area contributed by atoms with Gasteiger partial charge in [-0.25, -0.2) is 4.98 Å². The topological polar surface area (TPSA) is 68.0 Å². The zero-order chi connectivity index (χ0) is 17.1. The third-order valence-corrected chi connectivity index (χ3v) is 3.79. The van der Waals surface area contributed by atoms with E-state index < -0.39 is 6.04 Å². The first-order valence-electron chi connectivity index (χ1n) is 7.46. The van der Waals surface area contributed by atoms with E-state index in [1.165, 1.54) is 0 Å². The molecule has 0 bridgehead atoms. The second-order valence-corrected chi connectivity index (χ2v) is 5.80. The van der Waals surface area contributed by atoms with Crippen molar-refractivity contribution in [3.05, 3.63) is 82.3 Å². The monoisotopic (exact) mass is 341 g/mol. The molecule has 3 rings (SSSR count). The van der Waals surface area contributed by atoms with E-state index in [9.17, 15) is 4.79 Å². The molecule has 0 aliphatic heterocycles. The van der Waals surface area contributed by atoms with Gasteiger partial charge in [0.25, 0.3) is 5.91 Å². The minimum absolute atomic E-state index is 0.204. The van der Waals surface area contributed by atoms with Gasteiger partial charge < -0.3 is 9.73 Å². The van der Waals surface area contributed by atoms with Crippen LogP contribution >= 0.6 is 11.6 Å². The number of pyridine rings is 1. The van der Waals surface area contributed by atoms with E-state index in [2.05, 4.69) is 15.3 Å². The van der Waals surface area contributed by atoms with Crippen LogP contribution in [0.5, 0.6) is 0 Å². The van der Waals surface area contributed by atoms with Crippen LogP contribution in [0, 0.1) is 13.8 Å². The SMILES string of the molecule is Cc1nc(C)c(C(=O)NC(c2cccc(Cl)c2)c2ccccn2)o1. The second-order valence-electron chi connectivity index (χ2n) is 5.36. The third kappa shape index (κ3) is 3.46. The Bertz CT molecular complexity index is 862. The lowest BCUT2D eigenvalue weighted by Gasteiger charge is -2.18. The number of nitrogens with one attached hydrogen (secondary N) is 1. The Morgan fingerprint density at radius 3 is 2.67 bits per heavy atom. The number of aromatic nitrogens is 2. The number of amides is 1. The van der Waals surface area contributed by atoms with Crippen molar-refractivity contribution in [3.63, 3.8) is 0 Å². The van der Waals surface area contributed by atoms with Gasteiger partial charge in [0.05, 0.1) is 17.4 Å². The van der Waals surface area contributed by atoms with Crippen molar-refractivity contribution in [2.24, 2.45) is 0 Å². The van der Waals surface area contributed by atoms with Crippen LogP contribution in [-0.4, -0.2) is 15.9 Å². The molecule has 0 aliphatic rings. The Balaban J connectivity index is 1.96. The minimum Gasteiger partial charge on any atom is -0.436 e. The molecule has 0 radical (unpaired) electrons. The van der Waals surface area contributed by atoms with E-state index in [0.29, 0.717) is 22.3 Å². The molecule has 2 heterocycles. The average Bonchev–Trinajstić information content (AvgIpc) is 2.92. The van der Waals surface area contributed by atoms with Gasteiger partial charge in [0.1, 0.15) is 0 Å². The molecule has 122 valence electrons. The number of carbonyl (C=O) groups is 1. The number of hydrogen-bond donors (Lipinski definition) is 1. The highest BCUT2D eigenvalue weighted by molar-refractivity contribution is 6.30. The summed E-state index contributed by atoms with van der Waals surface area (Å²) in [6.45, 7) is 3.44. The van der Waals surface area contributed by atoms with Crippen LogP contribution in [0.15, 0.2) is 53.1 Å². The first-order valence-corrected chi connectivity index (χ1v) is 7.83. The predicted octanol–water partition coefficient (Wildman–Crippen LogP) is 3.86. The number of nitrogens with zero attached hydrogens (tertiary/aromatic N) is 2. The van der Waals surface area contributed by atoms with E-state index in [0.717, 1.165) is 5.56 Å². The van der Waals surface area contributed by atoms with Crippen LogP contribution in [0.4, 0.5) is 0 Å². The summed E-state index contributed by atoms with van der Waals surface area (Å²) in [5, 5.41) is 3.55. The fourth-order valence-electron chi connectivity index (χ4n) is 2.50. The molecule has 2 aromatic heterocycles. The van der Waals surface area contributed by atoms with Crippen molar-refractivity contribution in [3.8, 4) is 0 Å². The average molecular weight is 342 g/mol. The lowest BCUT2D eigenvalue weighted by Crippen LogP contribution is -2.30. The normalized spacial score (nSPS) is 12.0. The highest BCUT2D eigenvalue weighted by atomic mass is 35.5. The Labute approximate surface area is 144 Å². The van der Waals surface area contributed by atoms with Crippen molar-refractivity contribution in [2.75, 3.05) is 0 Å². The molecule has 3 aromatic rings. The fraction of sp³-hybridized carbons (Fsp3) is 0.167. The lowest BCUT2D eigenvalue weighted by atomic mass is 10.0. The quantitative estimate of drug-likeness (QED) is 0.782. The molecule has 0 spiro atoms. The van der Waals surface area contributed by atoms with Crippen molar-refractivity contribution in [1.82, 2.24) is 15.3 Å². The summed E-state index contributed by atoms with van der Waals surface area (Å²) in [5.74, 6) is 0.314. The van der Waals surface area contributed by atoms with Crippen LogP contribution in [0.25, 0.3) is 0 Å². The van der Waals surface area contributed by atoms with Gasteiger partial charge in [-0.1, -0.05) is 29.8 Å². The van der Waals surface area contributed by atoms with Crippen LogP contribution in [-0.2, 0) is 0 Å². The molecule has 0 aliphatic carbocycles. The van der Waals surface area contributed by atoms with E-state index in [4.69, 9.17) is 16.0 Å². The van der Waals surface area contributed by atoms with Crippen molar-refractivity contribution in [2.45, 2.75) is 19.9 Å². The Kier molecular flexibility index (Phi) is 4.62. The first kappa shape index (κ1) is 16.2. The van der Waals surface area contributed by atoms with Gasteiger partial charge in [-0.05, 0) is 36.8 Å². The smallest absolute Gasteiger partial charge is 0.289 e.